The molecule has 0 spiro atoms. The Kier molecular flexibility index (Phi) is 51.4. The van der Waals surface area contributed by atoms with E-state index in [9.17, 15) is 39.0 Å². The Hall–Kier alpha value is -1.40. The van der Waals surface area contributed by atoms with Gasteiger partial charge in [0, 0.05) is 37.1 Å². The van der Waals surface area contributed by atoms with Crippen molar-refractivity contribution in [2.45, 2.75) is 197 Å². The van der Waals surface area contributed by atoms with Crippen molar-refractivity contribution in [3.05, 3.63) is 23.3 Å². The summed E-state index contributed by atoms with van der Waals surface area (Å²) in [5.41, 5.74) is 2.58. The molecule has 0 aliphatic heterocycles. The molecule has 0 aliphatic carbocycles. The molecule has 4 unspecified atom stereocenters. The number of carboxylic acids is 4. The molecule has 18 heteroatoms. The fourth-order valence-corrected chi connectivity index (χ4v) is 9.79. The van der Waals surface area contributed by atoms with Crippen molar-refractivity contribution in [3.8, 4) is 0 Å². The molecule has 0 fully saturated rings. The zero-order valence-corrected chi connectivity index (χ0v) is 53.2. The number of carboxylic acid groups (broad SMARTS) is 4. The minimum atomic E-state index is -1.38. The molecule has 0 aromatic heterocycles. The van der Waals surface area contributed by atoms with E-state index in [1.165, 1.54) is 139 Å². The van der Waals surface area contributed by atoms with Gasteiger partial charge < -0.3 is 50.4 Å². The van der Waals surface area contributed by atoms with Crippen LogP contribution in [0, 0.1) is 35.5 Å². The van der Waals surface area contributed by atoms with E-state index in [-0.39, 0.29) is 70.6 Å². The third-order valence-corrected chi connectivity index (χ3v) is 14.5. The summed E-state index contributed by atoms with van der Waals surface area (Å²) in [5.74, 6) is 1.30. The Balaban J connectivity index is -0.000000625. The summed E-state index contributed by atoms with van der Waals surface area (Å²) in [6.07, 6.45) is 27.1. The Morgan fingerprint density at radius 3 is 1.00 bits per heavy atom. The number of aliphatic carboxylic acids is 4. The first kappa shape index (κ1) is 77.1. The molecule has 0 saturated carbocycles. The molecule has 0 heterocycles. The van der Waals surface area contributed by atoms with Crippen molar-refractivity contribution in [1.29, 1.82) is 0 Å². The molecule has 14 nitrogen and oxygen atoms in total. The van der Waals surface area contributed by atoms with Gasteiger partial charge in [0.2, 0.25) is 0 Å². The SMILES string of the molecule is C/C(=C\CSC[C@H](NC(=O)N(C)CC(=O)O)C(=O)[O-])CCCC(C)CCCC(C)CCCC(C)C.C/C(=C\CSC[C@H](NC(=O)N(C)CC(=O)O)C(=O)[O-])CCCC(C)CCCC(C)CCCC(C)C.[Na+].[Na+]. The number of allylic oxidation sites excluding steroid dienone is 2. The minimum Gasteiger partial charge on any atom is -0.548 e. The predicted octanol–water partition coefficient (Wildman–Crippen LogP) is 3.91. The predicted molar refractivity (Wildman–Crippen MR) is 287 cm³/mol. The average Bonchev–Trinajstić information content (AvgIpc) is 3.24. The molecule has 0 saturated heterocycles. The number of carbonyl (C=O) groups is 6. The van der Waals surface area contributed by atoms with Gasteiger partial charge >= 0.3 is 83.1 Å². The van der Waals surface area contributed by atoms with Crippen LogP contribution in [-0.2, 0) is 19.2 Å². The summed E-state index contributed by atoms with van der Waals surface area (Å²) < 4.78 is 0. The van der Waals surface area contributed by atoms with E-state index < -0.39 is 61.1 Å². The molecule has 0 bridgehead atoms. The van der Waals surface area contributed by atoms with E-state index in [0.717, 1.165) is 71.0 Å². The van der Waals surface area contributed by atoms with Crippen molar-refractivity contribution in [2.75, 3.05) is 50.2 Å². The normalized spacial score (nSPS) is 14.0. The standard InChI is InChI=1S/2C27H50N2O5S.2Na/c2*1-20(2)10-7-11-21(3)12-8-13-22(4)14-9-15-23(5)16-17-35-19-24(26(32)33)28-27(34)29(6)18-25(30)31;;/h2*16,20-22,24H,7-15,17-19H2,1-6H3,(H,28,34)(H,30,31)(H,32,33);;/q;;2*+1/p-2/b2*23-16+;;/t2*21?,22?,24-;;/m00../s1. The van der Waals surface area contributed by atoms with Crippen molar-refractivity contribution in [2.24, 2.45) is 35.5 Å². The molecule has 6 atom stereocenters. The van der Waals surface area contributed by atoms with Crippen molar-refractivity contribution in [1.82, 2.24) is 20.4 Å². The van der Waals surface area contributed by atoms with Crippen LogP contribution in [-0.4, -0.2) is 118 Å². The van der Waals surface area contributed by atoms with Crippen LogP contribution in [0.1, 0.15) is 185 Å². The van der Waals surface area contributed by atoms with Crippen LogP contribution < -0.4 is 80.0 Å². The Bertz CT molecular complexity index is 1430. The van der Waals surface area contributed by atoms with Crippen LogP contribution in [0.3, 0.4) is 0 Å². The van der Waals surface area contributed by atoms with E-state index in [2.05, 4.69) is 92.0 Å². The van der Waals surface area contributed by atoms with Crippen LogP contribution in [0.15, 0.2) is 23.3 Å². The Labute approximate surface area is 490 Å². The maximum Gasteiger partial charge on any atom is 1.00 e. The van der Waals surface area contributed by atoms with Crippen molar-refractivity contribution < 1.29 is 108 Å². The van der Waals surface area contributed by atoms with Crippen LogP contribution in [0.25, 0.3) is 0 Å². The van der Waals surface area contributed by atoms with Gasteiger partial charge in [0.1, 0.15) is 13.1 Å². The molecular formula is C54H98N4Na2O10S2. The zero-order chi connectivity index (χ0) is 53.6. The number of carbonyl (C=O) groups excluding carboxylic acids is 4. The van der Waals surface area contributed by atoms with E-state index in [1.807, 2.05) is 0 Å². The fraction of sp³-hybridized carbons (Fsp3) is 0.815. The summed E-state index contributed by atoms with van der Waals surface area (Å²) in [5, 5.41) is 44.7. The summed E-state index contributed by atoms with van der Waals surface area (Å²) >= 11 is 2.80. The molecule has 4 N–H and O–H groups in total. The molecule has 0 rings (SSSR count). The monoisotopic (exact) mass is 1070 g/mol. The number of nitrogens with one attached hydrogen (secondary N) is 2. The number of hydrogen-bond donors (Lipinski definition) is 4. The van der Waals surface area contributed by atoms with Gasteiger partial charge in [-0.1, -0.05) is 169 Å². The number of amides is 4. The maximum absolute atomic E-state index is 11.9. The third-order valence-electron chi connectivity index (χ3n) is 12.6. The van der Waals surface area contributed by atoms with Crippen molar-refractivity contribution >= 4 is 59.5 Å². The van der Waals surface area contributed by atoms with E-state index in [4.69, 9.17) is 10.2 Å². The van der Waals surface area contributed by atoms with Gasteiger partial charge in [-0.25, -0.2) is 9.59 Å². The molecule has 0 radical (unpaired) electrons. The molecule has 0 aromatic rings. The maximum atomic E-state index is 11.9. The summed E-state index contributed by atoms with van der Waals surface area (Å²) in [4.78, 5) is 69.6. The number of thioether (sulfide) groups is 2. The van der Waals surface area contributed by atoms with Crippen LogP contribution in [0.4, 0.5) is 9.59 Å². The van der Waals surface area contributed by atoms with Crippen LogP contribution >= 0.6 is 23.5 Å². The molecule has 0 aliphatic rings. The Morgan fingerprint density at radius 2 is 0.750 bits per heavy atom. The van der Waals surface area contributed by atoms with Gasteiger partial charge in [-0.05, 0) is 75.0 Å². The third kappa shape index (κ3) is 48.3. The van der Waals surface area contributed by atoms with Gasteiger partial charge in [0.15, 0.2) is 0 Å². The van der Waals surface area contributed by atoms with Crippen molar-refractivity contribution in [3.63, 3.8) is 0 Å². The van der Waals surface area contributed by atoms with E-state index in [1.54, 1.807) is 0 Å². The van der Waals surface area contributed by atoms with Crippen LogP contribution in [0.2, 0.25) is 0 Å². The first-order chi connectivity index (χ1) is 32.8. The fourth-order valence-electron chi connectivity index (χ4n) is 7.80. The molecule has 408 valence electrons. The second kappa shape index (κ2) is 48.0. The number of nitrogens with zero attached hydrogens (tertiary/aromatic N) is 2. The van der Waals surface area contributed by atoms with Gasteiger partial charge in [-0.15, -0.1) is 0 Å². The average molecular weight is 1070 g/mol. The Morgan fingerprint density at radius 1 is 0.486 bits per heavy atom. The molecular weight excluding hydrogens is 975 g/mol. The van der Waals surface area contributed by atoms with Crippen LogP contribution in [0.5, 0.6) is 0 Å². The molecule has 0 aromatic carbocycles. The quantitative estimate of drug-likeness (QED) is 0.0390. The van der Waals surface area contributed by atoms with Gasteiger partial charge in [-0.3, -0.25) is 9.59 Å². The number of likely N-dealkylation sites (N-methyl/N-ethyl adjacent to an activating group) is 2. The molecule has 4 amide bonds. The topological polar surface area (TPSA) is 220 Å². The second-order valence-corrected chi connectivity index (χ2v) is 23.2. The second-order valence-electron chi connectivity index (χ2n) is 21.0. The summed E-state index contributed by atoms with van der Waals surface area (Å²) in [7, 11) is 2.59. The smallest absolute Gasteiger partial charge is 0.548 e. The summed E-state index contributed by atoms with van der Waals surface area (Å²) in [6, 6.07) is -3.83. The summed E-state index contributed by atoms with van der Waals surface area (Å²) in [6.45, 7) is 21.8. The first-order valence-corrected chi connectivity index (χ1v) is 28.5. The van der Waals surface area contributed by atoms with E-state index in [0.29, 0.717) is 11.5 Å². The van der Waals surface area contributed by atoms with Gasteiger partial charge in [0.05, 0.1) is 24.0 Å². The zero-order valence-electron chi connectivity index (χ0n) is 47.6. The van der Waals surface area contributed by atoms with Gasteiger partial charge in [0.25, 0.3) is 0 Å². The number of rotatable bonds is 40. The minimum absolute atomic E-state index is 0. The number of hydrogen-bond acceptors (Lipinski definition) is 10. The molecule has 72 heavy (non-hydrogen) atoms. The first-order valence-electron chi connectivity index (χ1n) is 26.2. The largest absolute Gasteiger partial charge is 1.00 e. The number of urea groups is 2. The van der Waals surface area contributed by atoms with Gasteiger partial charge in [-0.2, -0.15) is 23.5 Å². The van der Waals surface area contributed by atoms with E-state index >= 15 is 0 Å².